The van der Waals surface area contributed by atoms with Crippen LogP contribution >= 0.6 is 0 Å². The summed E-state index contributed by atoms with van der Waals surface area (Å²) in [5.41, 5.74) is 7.99. The van der Waals surface area contributed by atoms with Crippen molar-refractivity contribution in [3.8, 4) is 0 Å². The minimum Gasteiger partial charge on any atom is -0.399 e. The number of anilines is 2. The number of carbonyl (C=O) groups is 1. The van der Waals surface area contributed by atoms with Crippen LogP contribution < -0.4 is 10.6 Å². The van der Waals surface area contributed by atoms with E-state index in [-0.39, 0.29) is 5.91 Å². The lowest BCUT2D eigenvalue weighted by Gasteiger charge is -2.25. The molecule has 0 bridgehead atoms. The molecule has 0 saturated heterocycles. The summed E-state index contributed by atoms with van der Waals surface area (Å²) in [7, 11) is 3.50. The minimum atomic E-state index is -0.0146. The molecule has 1 aromatic rings. The maximum atomic E-state index is 12.1. The molecule has 0 aromatic heterocycles. The molecule has 0 atom stereocenters. The fourth-order valence-electron chi connectivity index (χ4n) is 1.81. The van der Waals surface area contributed by atoms with Gasteiger partial charge in [0, 0.05) is 38.6 Å². The zero-order valence-electron chi connectivity index (χ0n) is 11.0. The van der Waals surface area contributed by atoms with Crippen molar-refractivity contribution in [3.63, 3.8) is 0 Å². The van der Waals surface area contributed by atoms with Gasteiger partial charge in [0.2, 0.25) is 0 Å². The van der Waals surface area contributed by atoms with Crippen LogP contribution in [0.3, 0.4) is 0 Å². The van der Waals surface area contributed by atoms with Gasteiger partial charge in [0.1, 0.15) is 0 Å². The number of hydrogen-bond acceptors (Lipinski definition) is 3. The smallest absolute Gasteiger partial charge is 0.255 e. The molecule has 0 unspecified atom stereocenters. The number of nitrogens with two attached hydrogens (primary N) is 1. The van der Waals surface area contributed by atoms with Gasteiger partial charge in [0.05, 0.1) is 5.56 Å². The van der Waals surface area contributed by atoms with E-state index in [2.05, 4.69) is 18.7 Å². The van der Waals surface area contributed by atoms with E-state index < -0.39 is 0 Å². The van der Waals surface area contributed by atoms with E-state index in [1.807, 2.05) is 12.1 Å². The second kappa shape index (κ2) is 5.57. The fraction of sp³-hybridized carbons (Fsp3) is 0.462. The molecule has 1 rings (SSSR count). The molecule has 0 aliphatic rings. The van der Waals surface area contributed by atoms with Crippen LogP contribution in [0.25, 0.3) is 0 Å². The molecule has 1 amide bonds. The molecule has 0 spiro atoms. The molecular weight excluding hydrogens is 214 g/mol. The molecule has 2 N–H and O–H groups in total. The first kappa shape index (κ1) is 13.4. The number of nitrogen functional groups attached to an aromatic ring is 1. The Balaban J connectivity index is 3.25. The first-order valence-electron chi connectivity index (χ1n) is 5.87. The number of nitrogens with zero attached hydrogens (tertiary/aromatic N) is 2. The van der Waals surface area contributed by atoms with E-state index in [0.717, 1.165) is 18.8 Å². The van der Waals surface area contributed by atoms with Gasteiger partial charge in [0.15, 0.2) is 0 Å². The van der Waals surface area contributed by atoms with Gasteiger partial charge in [0.25, 0.3) is 5.91 Å². The molecule has 0 saturated carbocycles. The van der Waals surface area contributed by atoms with Crippen molar-refractivity contribution in [1.82, 2.24) is 4.90 Å². The number of rotatable bonds is 4. The molecule has 0 radical (unpaired) electrons. The average Bonchev–Trinajstić information content (AvgIpc) is 2.31. The van der Waals surface area contributed by atoms with Gasteiger partial charge in [-0.1, -0.05) is 0 Å². The standard InChI is InChI=1S/C13H21N3O/c1-5-16(6-2)12-8-7-10(14)9-11(12)13(17)15(3)4/h7-9H,5-6,14H2,1-4H3. The summed E-state index contributed by atoms with van der Waals surface area (Å²) in [6, 6.07) is 5.50. The zero-order valence-corrected chi connectivity index (χ0v) is 11.0. The van der Waals surface area contributed by atoms with Crippen molar-refractivity contribution in [2.45, 2.75) is 13.8 Å². The van der Waals surface area contributed by atoms with E-state index in [1.54, 1.807) is 25.1 Å². The Morgan fingerprint density at radius 1 is 1.24 bits per heavy atom. The molecule has 0 fully saturated rings. The minimum absolute atomic E-state index is 0.0146. The van der Waals surface area contributed by atoms with Gasteiger partial charge in [-0.3, -0.25) is 4.79 Å². The Morgan fingerprint density at radius 2 is 1.82 bits per heavy atom. The van der Waals surface area contributed by atoms with Crippen molar-refractivity contribution < 1.29 is 4.79 Å². The maximum absolute atomic E-state index is 12.1. The summed E-state index contributed by atoms with van der Waals surface area (Å²) < 4.78 is 0. The second-order valence-corrected chi connectivity index (χ2v) is 4.15. The van der Waals surface area contributed by atoms with E-state index in [1.165, 1.54) is 0 Å². The van der Waals surface area contributed by atoms with Crippen molar-refractivity contribution in [2.75, 3.05) is 37.8 Å². The first-order chi connectivity index (χ1) is 8.01. The number of carbonyl (C=O) groups excluding carboxylic acids is 1. The lowest BCUT2D eigenvalue weighted by molar-refractivity contribution is 0.0828. The van der Waals surface area contributed by atoms with Crippen molar-refractivity contribution in [3.05, 3.63) is 23.8 Å². The van der Waals surface area contributed by atoms with Crippen LogP contribution in [0.4, 0.5) is 11.4 Å². The highest BCUT2D eigenvalue weighted by atomic mass is 16.2. The predicted octanol–water partition coefficient (Wildman–Crippen LogP) is 1.82. The molecule has 1 aromatic carbocycles. The molecule has 0 heterocycles. The van der Waals surface area contributed by atoms with Crippen LogP contribution in [0.5, 0.6) is 0 Å². The highest BCUT2D eigenvalue weighted by molar-refractivity contribution is 6.00. The third kappa shape index (κ3) is 2.90. The Hall–Kier alpha value is -1.71. The van der Waals surface area contributed by atoms with Crippen LogP contribution in [0, 0.1) is 0 Å². The fourth-order valence-corrected chi connectivity index (χ4v) is 1.81. The summed E-state index contributed by atoms with van der Waals surface area (Å²) in [5, 5.41) is 0. The maximum Gasteiger partial charge on any atom is 0.255 e. The lowest BCUT2D eigenvalue weighted by Crippen LogP contribution is -2.28. The molecule has 4 nitrogen and oxygen atoms in total. The summed E-state index contributed by atoms with van der Waals surface area (Å²) in [6.07, 6.45) is 0. The molecule has 17 heavy (non-hydrogen) atoms. The average molecular weight is 235 g/mol. The molecule has 94 valence electrons. The molecule has 4 heteroatoms. The van der Waals surface area contributed by atoms with Gasteiger partial charge in [-0.2, -0.15) is 0 Å². The van der Waals surface area contributed by atoms with Gasteiger partial charge in [-0.25, -0.2) is 0 Å². The monoisotopic (exact) mass is 235 g/mol. The Bertz CT molecular complexity index is 398. The van der Waals surface area contributed by atoms with E-state index in [0.29, 0.717) is 11.3 Å². The number of benzene rings is 1. The molecule has 0 aliphatic heterocycles. The number of hydrogen-bond donors (Lipinski definition) is 1. The largest absolute Gasteiger partial charge is 0.399 e. The third-order valence-corrected chi connectivity index (χ3v) is 2.76. The van der Waals surface area contributed by atoms with Crippen LogP contribution in [-0.2, 0) is 0 Å². The summed E-state index contributed by atoms with van der Waals surface area (Å²) >= 11 is 0. The Morgan fingerprint density at radius 3 is 2.29 bits per heavy atom. The zero-order chi connectivity index (χ0) is 13.0. The van der Waals surface area contributed by atoms with Crippen LogP contribution in [0.1, 0.15) is 24.2 Å². The van der Waals surface area contributed by atoms with Crippen molar-refractivity contribution >= 4 is 17.3 Å². The number of amides is 1. The first-order valence-corrected chi connectivity index (χ1v) is 5.87. The Labute approximate surface area is 103 Å². The summed E-state index contributed by atoms with van der Waals surface area (Å²) in [5.74, 6) is -0.0146. The second-order valence-electron chi connectivity index (χ2n) is 4.15. The lowest BCUT2D eigenvalue weighted by atomic mass is 10.1. The Kier molecular flexibility index (Phi) is 4.37. The van der Waals surface area contributed by atoms with Crippen molar-refractivity contribution in [2.24, 2.45) is 0 Å². The predicted molar refractivity (Wildman–Crippen MR) is 72.4 cm³/mol. The van der Waals surface area contributed by atoms with E-state index in [9.17, 15) is 4.79 Å². The van der Waals surface area contributed by atoms with Crippen LogP contribution in [0.2, 0.25) is 0 Å². The van der Waals surface area contributed by atoms with Gasteiger partial charge >= 0.3 is 0 Å². The summed E-state index contributed by atoms with van der Waals surface area (Å²) in [4.78, 5) is 15.8. The van der Waals surface area contributed by atoms with Gasteiger partial charge < -0.3 is 15.5 Å². The van der Waals surface area contributed by atoms with Crippen LogP contribution in [-0.4, -0.2) is 38.0 Å². The van der Waals surface area contributed by atoms with E-state index in [4.69, 9.17) is 5.73 Å². The van der Waals surface area contributed by atoms with Crippen LogP contribution in [0.15, 0.2) is 18.2 Å². The topological polar surface area (TPSA) is 49.6 Å². The van der Waals surface area contributed by atoms with Gasteiger partial charge in [-0.05, 0) is 32.0 Å². The highest BCUT2D eigenvalue weighted by Crippen LogP contribution is 2.24. The normalized spacial score (nSPS) is 10.1. The third-order valence-electron chi connectivity index (χ3n) is 2.76. The molecule has 0 aliphatic carbocycles. The van der Waals surface area contributed by atoms with Crippen molar-refractivity contribution in [1.29, 1.82) is 0 Å². The summed E-state index contributed by atoms with van der Waals surface area (Å²) in [6.45, 7) is 5.88. The van der Waals surface area contributed by atoms with Gasteiger partial charge in [-0.15, -0.1) is 0 Å². The SMILES string of the molecule is CCN(CC)c1ccc(N)cc1C(=O)N(C)C. The molecular formula is C13H21N3O. The van der Waals surface area contributed by atoms with E-state index >= 15 is 0 Å². The highest BCUT2D eigenvalue weighted by Gasteiger charge is 2.16. The quantitative estimate of drug-likeness (QED) is 0.810.